The Morgan fingerprint density at radius 1 is 1.48 bits per heavy atom. The number of nitriles is 1. The summed E-state index contributed by atoms with van der Waals surface area (Å²) in [5.74, 6) is -0.292. The predicted molar refractivity (Wildman–Crippen MR) is 76.5 cm³/mol. The van der Waals surface area contributed by atoms with Gasteiger partial charge in [-0.25, -0.2) is 0 Å². The normalized spacial score (nSPS) is 19.9. The molecule has 5 heteroatoms. The van der Waals surface area contributed by atoms with E-state index in [9.17, 15) is 9.90 Å². The van der Waals surface area contributed by atoms with Gasteiger partial charge in [0.05, 0.1) is 17.7 Å². The van der Waals surface area contributed by atoms with Crippen LogP contribution in [0.25, 0.3) is 0 Å². The molecule has 1 heterocycles. The van der Waals surface area contributed by atoms with Crippen LogP contribution in [0.1, 0.15) is 33.2 Å². The largest absolute Gasteiger partial charge is 0.390 e. The molecule has 3 rings (SSSR count). The van der Waals surface area contributed by atoms with Gasteiger partial charge in [-0.15, -0.1) is 0 Å². The third kappa shape index (κ3) is 2.30. The summed E-state index contributed by atoms with van der Waals surface area (Å²) in [5.41, 5.74) is 2.85. The molecule has 0 unspecified atom stereocenters. The first-order chi connectivity index (χ1) is 10.1. The van der Waals surface area contributed by atoms with Crippen LogP contribution in [0.3, 0.4) is 0 Å². The van der Waals surface area contributed by atoms with Crippen molar-refractivity contribution in [3.05, 3.63) is 58.9 Å². The average Bonchev–Trinajstić information content (AvgIpc) is 3.00. The first-order valence-electron chi connectivity index (χ1n) is 6.73. The molecule has 106 valence electrons. The molecular weight excluding hydrogens is 266 g/mol. The van der Waals surface area contributed by atoms with Crippen LogP contribution in [0.5, 0.6) is 0 Å². The third-order valence-corrected chi connectivity index (χ3v) is 3.86. The van der Waals surface area contributed by atoms with E-state index in [1.165, 1.54) is 0 Å². The maximum absolute atomic E-state index is 12.4. The summed E-state index contributed by atoms with van der Waals surface area (Å²) in [6.45, 7) is 0. The number of carbonyl (C=O) groups excluding carboxylic acids is 1. The van der Waals surface area contributed by atoms with E-state index >= 15 is 0 Å². The number of benzene rings is 1. The van der Waals surface area contributed by atoms with Crippen molar-refractivity contribution in [1.29, 1.82) is 5.26 Å². The lowest BCUT2D eigenvalue weighted by Crippen LogP contribution is -2.34. The SMILES string of the molecule is Cn1cc(C#N)cc1C(=O)N[C@H]1c2ccccc2C[C@H]1O. The highest BCUT2D eigenvalue weighted by Crippen LogP contribution is 2.31. The molecule has 0 saturated carbocycles. The summed E-state index contributed by atoms with van der Waals surface area (Å²) in [6.07, 6.45) is 1.52. The first-order valence-corrected chi connectivity index (χ1v) is 6.73. The second kappa shape index (κ2) is 5.08. The Morgan fingerprint density at radius 3 is 2.95 bits per heavy atom. The van der Waals surface area contributed by atoms with Gasteiger partial charge < -0.3 is 15.0 Å². The fraction of sp³-hybridized carbons (Fsp3) is 0.250. The Labute approximate surface area is 122 Å². The summed E-state index contributed by atoms with van der Waals surface area (Å²) < 4.78 is 1.61. The molecule has 1 aliphatic carbocycles. The number of hydrogen-bond acceptors (Lipinski definition) is 3. The Balaban J connectivity index is 1.85. The van der Waals surface area contributed by atoms with Gasteiger partial charge in [-0.05, 0) is 17.2 Å². The summed E-state index contributed by atoms with van der Waals surface area (Å²) >= 11 is 0. The second-order valence-corrected chi connectivity index (χ2v) is 5.26. The van der Waals surface area contributed by atoms with E-state index in [1.807, 2.05) is 30.3 Å². The number of rotatable bonds is 2. The van der Waals surface area contributed by atoms with Crippen molar-refractivity contribution < 1.29 is 9.90 Å². The van der Waals surface area contributed by atoms with E-state index in [4.69, 9.17) is 5.26 Å². The van der Waals surface area contributed by atoms with E-state index in [2.05, 4.69) is 5.32 Å². The summed E-state index contributed by atoms with van der Waals surface area (Å²) in [5, 5.41) is 21.9. The van der Waals surface area contributed by atoms with Gasteiger partial charge in [0.15, 0.2) is 0 Å². The van der Waals surface area contributed by atoms with E-state index in [-0.39, 0.29) is 5.91 Å². The van der Waals surface area contributed by atoms with Crippen molar-refractivity contribution in [3.63, 3.8) is 0 Å². The molecule has 2 aromatic rings. The van der Waals surface area contributed by atoms with Gasteiger partial charge in [0, 0.05) is 19.7 Å². The molecule has 0 spiro atoms. The van der Waals surface area contributed by atoms with Crippen molar-refractivity contribution in [2.75, 3.05) is 0 Å². The molecule has 1 amide bonds. The van der Waals surface area contributed by atoms with Crippen molar-refractivity contribution in [1.82, 2.24) is 9.88 Å². The van der Waals surface area contributed by atoms with Gasteiger partial charge >= 0.3 is 0 Å². The highest BCUT2D eigenvalue weighted by Gasteiger charge is 2.32. The van der Waals surface area contributed by atoms with E-state index in [0.717, 1.165) is 11.1 Å². The van der Waals surface area contributed by atoms with Gasteiger partial charge in [-0.2, -0.15) is 5.26 Å². The van der Waals surface area contributed by atoms with Gasteiger partial charge in [-0.1, -0.05) is 24.3 Å². The van der Waals surface area contributed by atoms with Crippen molar-refractivity contribution >= 4 is 5.91 Å². The summed E-state index contributed by atoms with van der Waals surface area (Å²) in [6, 6.07) is 10.8. The van der Waals surface area contributed by atoms with E-state index < -0.39 is 12.1 Å². The number of fused-ring (bicyclic) bond motifs is 1. The minimum Gasteiger partial charge on any atom is -0.390 e. The molecule has 2 N–H and O–H groups in total. The number of amides is 1. The number of carbonyl (C=O) groups is 1. The first kappa shape index (κ1) is 13.4. The van der Waals surface area contributed by atoms with Gasteiger partial charge in [0.2, 0.25) is 0 Å². The zero-order valence-electron chi connectivity index (χ0n) is 11.6. The lowest BCUT2D eigenvalue weighted by molar-refractivity contribution is 0.0850. The smallest absolute Gasteiger partial charge is 0.268 e. The monoisotopic (exact) mass is 281 g/mol. The number of aromatic nitrogens is 1. The number of nitrogens with one attached hydrogen (secondary N) is 1. The molecule has 0 saturated heterocycles. The lowest BCUT2D eigenvalue weighted by atomic mass is 10.1. The molecule has 1 aromatic heterocycles. The fourth-order valence-electron chi connectivity index (χ4n) is 2.81. The van der Waals surface area contributed by atoms with Crippen molar-refractivity contribution in [2.45, 2.75) is 18.6 Å². The highest BCUT2D eigenvalue weighted by atomic mass is 16.3. The van der Waals surface area contributed by atoms with Crippen LogP contribution in [-0.2, 0) is 13.5 Å². The average molecular weight is 281 g/mol. The van der Waals surface area contributed by atoms with Crippen LogP contribution < -0.4 is 5.32 Å². The molecule has 5 nitrogen and oxygen atoms in total. The molecule has 0 fully saturated rings. The fourth-order valence-corrected chi connectivity index (χ4v) is 2.81. The number of hydrogen-bond donors (Lipinski definition) is 2. The maximum Gasteiger partial charge on any atom is 0.268 e. The van der Waals surface area contributed by atoms with Crippen LogP contribution in [0, 0.1) is 11.3 Å². The zero-order chi connectivity index (χ0) is 15.0. The summed E-state index contributed by atoms with van der Waals surface area (Å²) in [4.78, 5) is 12.4. The molecule has 21 heavy (non-hydrogen) atoms. The van der Waals surface area contributed by atoms with Crippen LogP contribution >= 0.6 is 0 Å². The van der Waals surface area contributed by atoms with Gasteiger partial charge in [0.25, 0.3) is 5.91 Å². The van der Waals surface area contributed by atoms with Crippen LogP contribution in [0.2, 0.25) is 0 Å². The molecule has 0 bridgehead atoms. The van der Waals surface area contributed by atoms with Crippen LogP contribution in [0.4, 0.5) is 0 Å². The second-order valence-electron chi connectivity index (χ2n) is 5.26. The lowest BCUT2D eigenvalue weighted by Gasteiger charge is -2.18. The molecule has 0 radical (unpaired) electrons. The Hall–Kier alpha value is -2.58. The van der Waals surface area contributed by atoms with Gasteiger partial charge in [-0.3, -0.25) is 4.79 Å². The maximum atomic E-state index is 12.4. The highest BCUT2D eigenvalue weighted by molar-refractivity contribution is 5.93. The molecular formula is C16H15N3O2. The molecule has 0 aliphatic heterocycles. The van der Waals surface area contributed by atoms with Crippen molar-refractivity contribution in [2.24, 2.45) is 7.05 Å². The van der Waals surface area contributed by atoms with E-state index in [1.54, 1.807) is 23.9 Å². The summed E-state index contributed by atoms with van der Waals surface area (Å²) in [7, 11) is 1.72. The zero-order valence-corrected chi connectivity index (χ0v) is 11.6. The van der Waals surface area contributed by atoms with Crippen LogP contribution in [0.15, 0.2) is 36.5 Å². The number of aryl methyl sites for hydroxylation is 1. The Morgan fingerprint density at radius 2 is 2.24 bits per heavy atom. The van der Waals surface area contributed by atoms with Crippen molar-refractivity contribution in [3.8, 4) is 6.07 Å². The number of nitrogens with zero attached hydrogens (tertiary/aromatic N) is 2. The molecule has 2 atom stereocenters. The minimum absolute atomic E-state index is 0.292. The number of aliphatic hydroxyl groups is 1. The quantitative estimate of drug-likeness (QED) is 0.870. The number of aliphatic hydroxyl groups excluding tert-OH is 1. The topological polar surface area (TPSA) is 78.0 Å². The van der Waals surface area contributed by atoms with E-state index in [0.29, 0.717) is 17.7 Å². The standard InChI is InChI=1S/C16H15N3O2/c1-19-9-10(8-17)6-13(19)16(21)18-15-12-5-3-2-4-11(12)7-14(15)20/h2-6,9,14-15,20H,7H2,1H3,(H,18,21)/t14-,15+/m1/s1. The third-order valence-electron chi connectivity index (χ3n) is 3.86. The molecule has 1 aromatic carbocycles. The predicted octanol–water partition coefficient (Wildman–Crippen LogP) is 1.28. The minimum atomic E-state index is -0.623. The molecule has 1 aliphatic rings. The van der Waals surface area contributed by atoms with Crippen LogP contribution in [-0.4, -0.2) is 21.7 Å². The van der Waals surface area contributed by atoms with Gasteiger partial charge in [0.1, 0.15) is 11.8 Å². The Bertz CT molecular complexity index is 742. The Kier molecular flexibility index (Phi) is 3.24.